The number of hydrogen-bond donors (Lipinski definition) is 1. The summed E-state index contributed by atoms with van der Waals surface area (Å²) in [6, 6.07) is 9.02. The lowest BCUT2D eigenvalue weighted by molar-refractivity contribution is -0.136. The number of rotatable bonds is 6. The maximum Gasteiger partial charge on any atom is 0.342 e. The van der Waals surface area contributed by atoms with Crippen LogP contribution in [-0.2, 0) is 14.3 Å². The predicted octanol–water partition coefficient (Wildman–Crippen LogP) is 4.28. The first kappa shape index (κ1) is 19.3. The summed E-state index contributed by atoms with van der Waals surface area (Å²) in [5.74, 6) is -1.06. The summed E-state index contributed by atoms with van der Waals surface area (Å²) in [5.41, 5.74) is 0.808. The smallest absolute Gasteiger partial charge is 0.342 e. The zero-order valence-electron chi connectivity index (χ0n) is 15.3. The van der Waals surface area contributed by atoms with Crippen LogP contribution >= 0.6 is 0 Å². The molecule has 0 amide bonds. The highest BCUT2D eigenvalue weighted by molar-refractivity contribution is 6.21. The van der Waals surface area contributed by atoms with Crippen LogP contribution in [0.1, 0.15) is 42.5 Å². The van der Waals surface area contributed by atoms with E-state index < -0.39 is 11.9 Å². The van der Waals surface area contributed by atoms with Crippen molar-refractivity contribution in [3.05, 3.63) is 53.0 Å². The topological polar surface area (TPSA) is 86.0 Å². The number of ether oxygens (including phenoxy) is 2. The van der Waals surface area contributed by atoms with Crippen molar-refractivity contribution in [1.29, 1.82) is 0 Å². The van der Waals surface area contributed by atoms with Gasteiger partial charge in [0.2, 0.25) is 0 Å². The molecule has 0 aliphatic heterocycles. The Balaban J connectivity index is 2.80. The first-order valence-electron chi connectivity index (χ1n) is 8.35. The van der Waals surface area contributed by atoms with Gasteiger partial charge in [-0.1, -0.05) is 30.3 Å². The van der Waals surface area contributed by atoms with Gasteiger partial charge in [0.15, 0.2) is 0 Å². The van der Waals surface area contributed by atoms with Gasteiger partial charge in [-0.05, 0) is 27.7 Å². The summed E-state index contributed by atoms with van der Waals surface area (Å²) in [4.78, 5) is 25.0. The predicted molar refractivity (Wildman–Crippen MR) is 96.7 cm³/mol. The van der Waals surface area contributed by atoms with Crippen molar-refractivity contribution in [3.8, 4) is 11.3 Å². The molecule has 1 heterocycles. The third-order valence-corrected chi connectivity index (χ3v) is 3.69. The van der Waals surface area contributed by atoms with Crippen molar-refractivity contribution in [2.24, 2.45) is 0 Å². The number of allylic oxidation sites excluding steroid dienone is 1. The van der Waals surface area contributed by atoms with Gasteiger partial charge < -0.3 is 19.0 Å². The van der Waals surface area contributed by atoms with E-state index in [0.717, 1.165) is 0 Å². The maximum absolute atomic E-state index is 12.5. The number of furan rings is 1. The van der Waals surface area contributed by atoms with Crippen molar-refractivity contribution >= 4 is 17.5 Å². The lowest BCUT2D eigenvalue weighted by Gasteiger charge is -2.11. The fourth-order valence-corrected chi connectivity index (χ4v) is 2.66. The summed E-state index contributed by atoms with van der Waals surface area (Å²) in [7, 11) is 0. The Morgan fingerprint density at radius 1 is 1.04 bits per heavy atom. The van der Waals surface area contributed by atoms with Crippen LogP contribution in [-0.4, -0.2) is 30.3 Å². The van der Waals surface area contributed by atoms with E-state index in [4.69, 9.17) is 13.9 Å². The van der Waals surface area contributed by atoms with Crippen LogP contribution in [0, 0.1) is 6.92 Å². The molecule has 0 aliphatic carbocycles. The molecular weight excluding hydrogens is 336 g/mol. The normalized spacial score (nSPS) is 11.7. The van der Waals surface area contributed by atoms with Crippen LogP contribution < -0.4 is 0 Å². The summed E-state index contributed by atoms with van der Waals surface area (Å²) < 4.78 is 16.0. The quantitative estimate of drug-likeness (QED) is 0.471. The lowest BCUT2D eigenvalue weighted by atomic mass is 9.96. The number of esters is 2. The minimum atomic E-state index is -0.740. The van der Waals surface area contributed by atoms with Gasteiger partial charge >= 0.3 is 11.9 Å². The zero-order chi connectivity index (χ0) is 19.3. The van der Waals surface area contributed by atoms with Gasteiger partial charge in [-0.3, -0.25) is 0 Å². The Kier molecular flexibility index (Phi) is 6.22. The molecule has 1 aromatic heterocycles. The van der Waals surface area contributed by atoms with Crippen molar-refractivity contribution < 1.29 is 28.6 Å². The second kappa shape index (κ2) is 8.38. The van der Waals surface area contributed by atoms with Crippen molar-refractivity contribution in [3.63, 3.8) is 0 Å². The Labute approximate surface area is 152 Å². The Morgan fingerprint density at radius 2 is 1.65 bits per heavy atom. The van der Waals surface area contributed by atoms with Gasteiger partial charge in [-0.25, -0.2) is 9.59 Å². The van der Waals surface area contributed by atoms with Gasteiger partial charge in [0.05, 0.1) is 18.8 Å². The molecule has 0 fully saturated rings. The van der Waals surface area contributed by atoms with Gasteiger partial charge in [0.1, 0.15) is 28.4 Å². The van der Waals surface area contributed by atoms with Crippen molar-refractivity contribution in [1.82, 2.24) is 0 Å². The first-order chi connectivity index (χ1) is 12.4. The SMILES string of the molecule is CCOC(=O)/C(=C(/C)O)c1c(-c2ccccc2)oc(C)c1C(=O)OCC. The van der Waals surface area contributed by atoms with E-state index in [1.165, 1.54) is 6.92 Å². The van der Waals surface area contributed by atoms with E-state index >= 15 is 0 Å². The van der Waals surface area contributed by atoms with Crippen LogP contribution in [0.25, 0.3) is 16.9 Å². The molecule has 6 heteroatoms. The van der Waals surface area contributed by atoms with E-state index in [9.17, 15) is 14.7 Å². The van der Waals surface area contributed by atoms with Crippen LogP contribution in [0.3, 0.4) is 0 Å². The molecule has 0 aliphatic rings. The number of aryl methyl sites for hydroxylation is 1. The molecule has 26 heavy (non-hydrogen) atoms. The van der Waals surface area contributed by atoms with Crippen LogP contribution in [0.4, 0.5) is 0 Å². The number of aliphatic hydroxyl groups is 1. The third-order valence-electron chi connectivity index (χ3n) is 3.69. The molecule has 2 aromatic rings. The summed E-state index contributed by atoms with van der Waals surface area (Å²) in [5, 5.41) is 10.2. The van der Waals surface area contributed by atoms with E-state index in [0.29, 0.717) is 17.1 Å². The van der Waals surface area contributed by atoms with Crippen molar-refractivity contribution in [2.75, 3.05) is 13.2 Å². The van der Waals surface area contributed by atoms with Gasteiger partial charge in [-0.2, -0.15) is 0 Å². The van der Waals surface area contributed by atoms with Crippen LogP contribution in [0.5, 0.6) is 0 Å². The molecule has 0 spiro atoms. The average molecular weight is 358 g/mol. The van der Waals surface area contributed by atoms with E-state index in [1.54, 1.807) is 45.0 Å². The number of carbonyl (C=O) groups excluding carboxylic acids is 2. The Morgan fingerprint density at radius 3 is 2.19 bits per heavy atom. The molecule has 6 nitrogen and oxygen atoms in total. The fraction of sp³-hybridized carbons (Fsp3) is 0.300. The van der Waals surface area contributed by atoms with Gasteiger partial charge in [-0.15, -0.1) is 0 Å². The fourth-order valence-electron chi connectivity index (χ4n) is 2.66. The highest BCUT2D eigenvalue weighted by atomic mass is 16.5. The number of carbonyl (C=O) groups is 2. The van der Waals surface area contributed by atoms with Gasteiger partial charge in [0.25, 0.3) is 0 Å². The second-order valence-corrected chi connectivity index (χ2v) is 5.50. The third kappa shape index (κ3) is 3.79. The first-order valence-corrected chi connectivity index (χ1v) is 8.35. The summed E-state index contributed by atoms with van der Waals surface area (Å²) >= 11 is 0. The molecule has 0 unspecified atom stereocenters. The van der Waals surface area contributed by atoms with E-state index in [1.807, 2.05) is 6.07 Å². The Hall–Kier alpha value is -3.02. The molecule has 0 saturated heterocycles. The lowest BCUT2D eigenvalue weighted by Crippen LogP contribution is -2.14. The van der Waals surface area contributed by atoms with Gasteiger partial charge in [0, 0.05) is 5.56 Å². The maximum atomic E-state index is 12.5. The largest absolute Gasteiger partial charge is 0.512 e. The molecule has 1 N–H and O–H groups in total. The summed E-state index contributed by atoms with van der Waals surface area (Å²) in [6.45, 7) is 6.61. The molecular formula is C20H22O6. The molecule has 138 valence electrons. The highest BCUT2D eigenvalue weighted by Gasteiger charge is 2.32. The number of aliphatic hydroxyl groups excluding tert-OH is 1. The minimum Gasteiger partial charge on any atom is -0.512 e. The molecule has 2 rings (SSSR count). The van der Waals surface area contributed by atoms with E-state index in [2.05, 4.69) is 0 Å². The zero-order valence-corrected chi connectivity index (χ0v) is 15.3. The van der Waals surface area contributed by atoms with Crippen LogP contribution in [0.2, 0.25) is 0 Å². The standard InChI is InChI=1S/C20H22O6/c1-5-24-19(22)15(12(3)21)17-16(20(23)25-6-2)13(4)26-18(17)14-10-8-7-9-11-14/h7-11,21H,5-6H2,1-4H3/b15-12-. The van der Waals surface area contributed by atoms with E-state index in [-0.39, 0.29) is 35.7 Å². The highest BCUT2D eigenvalue weighted by Crippen LogP contribution is 2.38. The Bertz CT molecular complexity index is 825. The molecule has 0 bridgehead atoms. The average Bonchev–Trinajstić information content (AvgIpc) is 2.93. The second-order valence-electron chi connectivity index (χ2n) is 5.50. The number of hydrogen-bond acceptors (Lipinski definition) is 6. The molecule has 0 radical (unpaired) electrons. The van der Waals surface area contributed by atoms with Crippen molar-refractivity contribution in [2.45, 2.75) is 27.7 Å². The van der Waals surface area contributed by atoms with Crippen LogP contribution in [0.15, 0.2) is 40.5 Å². The summed E-state index contributed by atoms with van der Waals surface area (Å²) in [6.07, 6.45) is 0. The minimum absolute atomic E-state index is 0.0992. The molecule has 0 atom stereocenters. The number of benzene rings is 1. The monoisotopic (exact) mass is 358 g/mol. The molecule has 1 aromatic carbocycles. The molecule has 0 saturated carbocycles.